The van der Waals surface area contributed by atoms with Gasteiger partial charge < -0.3 is 20.3 Å². The van der Waals surface area contributed by atoms with E-state index in [1.54, 1.807) is 6.92 Å². The summed E-state index contributed by atoms with van der Waals surface area (Å²) in [4.78, 5) is 28.7. The molecule has 6 rings (SSSR count). The molecule has 0 aromatic heterocycles. The lowest BCUT2D eigenvalue weighted by atomic mass is 9.85. The van der Waals surface area contributed by atoms with E-state index in [9.17, 15) is 15.0 Å². The minimum Gasteiger partial charge on any atom is -0.511 e. The fourth-order valence-electron chi connectivity index (χ4n) is 9.96. The summed E-state index contributed by atoms with van der Waals surface area (Å²) in [5.41, 5.74) is 14.6. The lowest BCUT2D eigenvalue weighted by Gasteiger charge is -2.18. The van der Waals surface area contributed by atoms with Crippen molar-refractivity contribution >= 4 is 23.1 Å². The van der Waals surface area contributed by atoms with Crippen molar-refractivity contribution < 1.29 is 19.7 Å². The quantitative estimate of drug-likeness (QED) is 0.0606. The normalized spacial score (nSPS) is 21.8. The van der Waals surface area contributed by atoms with Crippen LogP contribution in [-0.4, -0.2) is 46.0 Å². The summed E-state index contributed by atoms with van der Waals surface area (Å²) in [6.07, 6.45) is 27.7. The van der Waals surface area contributed by atoms with E-state index in [1.807, 2.05) is 26.0 Å². The Kier molecular flexibility index (Phi) is 15.8. The summed E-state index contributed by atoms with van der Waals surface area (Å²) in [5, 5.41) is 26.4. The number of aliphatic hydroxyl groups excluding tert-OH is 2. The van der Waals surface area contributed by atoms with Crippen molar-refractivity contribution in [3.05, 3.63) is 103 Å². The molecule has 0 spiro atoms. The maximum Gasteiger partial charge on any atom is 0.305 e. The number of carbonyl (C=O) groups excluding carboxylic acids is 1. The fourth-order valence-corrected chi connectivity index (χ4v) is 9.96. The van der Waals surface area contributed by atoms with Crippen molar-refractivity contribution in [2.24, 2.45) is 26.8 Å². The molecule has 5 heterocycles. The number of aliphatic hydroxyl groups is 2. The molecule has 8 nitrogen and oxygen atoms in total. The van der Waals surface area contributed by atoms with Crippen LogP contribution in [0.25, 0.3) is 0 Å². The third kappa shape index (κ3) is 10.1. The molecule has 0 amide bonds. The van der Waals surface area contributed by atoms with Crippen molar-refractivity contribution in [1.29, 1.82) is 0 Å². The summed E-state index contributed by atoms with van der Waals surface area (Å²) in [6, 6.07) is 0. The predicted octanol–water partition coefficient (Wildman–Crippen LogP) is 12.8. The molecule has 3 atom stereocenters. The van der Waals surface area contributed by atoms with Crippen LogP contribution < -0.4 is 5.32 Å². The molecule has 0 aromatic rings. The van der Waals surface area contributed by atoms with Crippen LogP contribution in [0.1, 0.15) is 171 Å². The standard InChI is InChI=1S/C52H72N4O4/c1-9-11-12-13-14-15-16-17-18-19-20-21-22-23-24-25-28-60-46(59)27-26-39-33(4)49-36(7)50-35(6)47(37(8)57)44(55-50)31-41-32(3)38(10-2)43(53-41)30-42-34(5)48-45(58)29-40(51(39)56-49)52(48)54-42/h17-18,30-31,33,37,39,56-58H,9-16,19-29H2,1-8H3/t33-,37+,39-/m0/s1. The highest BCUT2D eigenvalue weighted by Gasteiger charge is 2.42. The highest BCUT2D eigenvalue weighted by molar-refractivity contribution is 6.21. The second kappa shape index (κ2) is 21.0. The van der Waals surface area contributed by atoms with Gasteiger partial charge in [0.15, 0.2) is 0 Å². The van der Waals surface area contributed by atoms with Gasteiger partial charge in [-0.2, -0.15) is 0 Å². The number of esters is 1. The van der Waals surface area contributed by atoms with Gasteiger partial charge in [0, 0.05) is 52.8 Å². The average Bonchev–Trinajstić information content (AvgIpc) is 3.99. The van der Waals surface area contributed by atoms with Crippen molar-refractivity contribution in [2.75, 3.05) is 6.61 Å². The Balaban J connectivity index is 1.11. The molecule has 3 N–H and O–H groups in total. The minimum absolute atomic E-state index is 0.0208. The van der Waals surface area contributed by atoms with Gasteiger partial charge in [-0.1, -0.05) is 90.7 Å². The topological polar surface area (TPSA) is 116 Å². The fraction of sp³-hybridized carbons (Fsp3) is 0.577. The molecule has 324 valence electrons. The molecule has 0 radical (unpaired) electrons. The van der Waals surface area contributed by atoms with Crippen LogP contribution >= 0.6 is 0 Å². The van der Waals surface area contributed by atoms with Crippen LogP contribution in [0.3, 0.4) is 0 Å². The summed E-state index contributed by atoms with van der Waals surface area (Å²) in [5.74, 6) is 0.178. The average molecular weight is 817 g/mol. The van der Waals surface area contributed by atoms with Gasteiger partial charge in [-0.15, -0.1) is 0 Å². The molecule has 1 fully saturated rings. The first-order chi connectivity index (χ1) is 29.0. The smallest absolute Gasteiger partial charge is 0.305 e. The molecule has 60 heavy (non-hydrogen) atoms. The van der Waals surface area contributed by atoms with Gasteiger partial charge >= 0.3 is 5.97 Å². The number of nitrogens with one attached hydrogen (secondary N) is 1. The van der Waals surface area contributed by atoms with Crippen LogP contribution in [0.5, 0.6) is 0 Å². The maximum absolute atomic E-state index is 13.2. The van der Waals surface area contributed by atoms with Gasteiger partial charge in [0.05, 0.1) is 46.9 Å². The molecule has 0 unspecified atom stereocenters. The third-order valence-corrected chi connectivity index (χ3v) is 13.5. The highest BCUT2D eigenvalue weighted by atomic mass is 16.5. The van der Waals surface area contributed by atoms with Gasteiger partial charge in [0.2, 0.25) is 0 Å². The zero-order chi connectivity index (χ0) is 42.9. The number of hydrogen-bond acceptors (Lipinski definition) is 8. The van der Waals surface area contributed by atoms with Crippen molar-refractivity contribution in [3.63, 3.8) is 0 Å². The molecule has 5 aliphatic heterocycles. The monoisotopic (exact) mass is 817 g/mol. The Morgan fingerprint density at radius 1 is 0.817 bits per heavy atom. The van der Waals surface area contributed by atoms with E-state index < -0.39 is 6.10 Å². The molecule has 8 bridgehead atoms. The summed E-state index contributed by atoms with van der Waals surface area (Å²) < 4.78 is 5.79. The van der Waals surface area contributed by atoms with Gasteiger partial charge in [-0.3, -0.25) is 4.79 Å². The number of aliphatic imine (C=N–C) groups is 3. The number of nitrogens with zero attached hydrogens (tertiary/aromatic N) is 3. The third-order valence-electron chi connectivity index (χ3n) is 13.5. The minimum atomic E-state index is -0.712. The van der Waals surface area contributed by atoms with Gasteiger partial charge in [0.1, 0.15) is 5.76 Å². The van der Waals surface area contributed by atoms with E-state index in [2.05, 4.69) is 52.1 Å². The van der Waals surface area contributed by atoms with Crippen LogP contribution in [0.4, 0.5) is 0 Å². The Morgan fingerprint density at radius 3 is 2.15 bits per heavy atom. The van der Waals surface area contributed by atoms with Crippen LogP contribution in [0.15, 0.2) is 118 Å². The molecule has 0 aromatic carbocycles. The molecule has 1 aliphatic carbocycles. The number of unbranched alkanes of at least 4 members (excludes halogenated alkanes) is 12. The van der Waals surface area contributed by atoms with E-state index in [-0.39, 0.29) is 17.8 Å². The zero-order valence-electron chi connectivity index (χ0n) is 38.0. The number of fused-ring (bicyclic) bond motifs is 5. The highest BCUT2D eigenvalue weighted by Crippen LogP contribution is 2.47. The molecule has 6 aliphatic rings. The number of hydrogen-bond donors (Lipinski definition) is 3. The Labute approximate surface area is 360 Å². The van der Waals surface area contributed by atoms with Crippen LogP contribution in [0, 0.1) is 11.8 Å². The molecule has 0 saturated carbocycles. The summed E-state index contributed by atoms with van der Waals surface area (Å²) in [7, 11) is 0. The Bertz CT molecular complexity index is 2070. The van der Waals surface area contributed by atoms with E-state index >= 15 is 0 Å². The second-order valence-electron chi connectivity index (χ2n) is 17.8. The largest absolute Gasteiger partial charge is 0.511 e. The van der Waals surface area contributed by atoms with Gasteiger partial charge in [-0.25, -0.2) is 15.0 Å². The molecular weight excluding hydrogens is 745 g/mol. The van der Waals surface area contributed by atoms with Crippen molar-refractivity contribution in [3.8, 4) is 0 Å². The van der Waals surface area contributed by atoms with Gasteiger partial charge in [0.25, 0.3) is 0 Å². The lowest BCUT2D eigenvalue weighted by Crippen LogP contribution is -2.16. The number of allylic oxidation sites excluding steroid dienone is 13. The number of ether oxygens (including phenoxy) is 1. The number of carbonyl (C=O) groups is 1. The Hall–Kier alpha value is -4.30. The first kappa shape index (κ1) is 45.2. The first-order valence-corrected chi connectivity index (χ1v) is 23.4. The van der Waals surface area contributed by atoms with E-state index in [0.29, 0.717) is 31.6 Å². The molecular formula is C52H72N4O4. The van der Waals surface area contributed by atoms with Gasteiger partial charge in [-0.05, 0) is 120 Å². The summed E-state index contributed by atoms with van der Waals surface area (Å²) in [6.45, 7) is 17.2. The Morgan fingerprint density at radius 2 is 1.48 bits per heavy atom. The zero-order valence-corrected chi connectivity index (χ0v) is 38.0. The molecule has 8 heteroatoms. The number of rotatable bonds is 21. The summed E-state index contributed by atoms with van der Waals surface area (Å²) >= 11 is 0. The van der Waals surface area contributed by atoms with Crippen LogP contribution in [0.2, 0.25) is 0 Å². The van der Waals surface area contributed by atoms with E-state index in [0.717, 1.165) is 109 Å². The van der Waals surface area contributed by atoms with E-state index in [4.69, 9.17) is 19.7 Å². The van der Waals surface area contributed by atoms with Crippen molar-refractivity contribution in [2.45, 2.75) is 177 Å². The maximum atomic E-state index is 13.2. The van der Waals surface area contributed by atoms with E-state index in [1.165, 1.54) is 77.0 Å². The van der Waals surface area contributed by atoms with Crippen molar-refractivity contribution in [1.82, 2.24) is 5.32 Å². The second-order valence-corrected chi connectivity index (χ2v) is 17.8. The SMILES string of the molecule is CCCCCCCCC=CCCCCCCCCOC(=O)CC[C@@H]1C2=C3CC(O)=C4C3=NC(=C4C)C=C3N=C(C=C4N=C(C(C)=C(N2)[C@H]1C)C(C)=C4[C@@H](C)O)C(C)=C3CC. The first-order valence-electron chi connectivity index (χ1n) is 23.4. The lowest BCUT2D eigenvalue weighted by molar-refractivity contribution is -0.144. The van der Waals surface area contributed by atoms with Crippen LogP contribution in [-0.2, 0) is 9.53 Å². The molecule has 1 saturated heterocycles. The predicted molar refractivity (Wildman–Crippen MR) is 248 cm³/mol.